The summed E-state index contributed by atoms with van der Waals surface area (Å²) in [5.74, 6) is 0. The number of benzene rings is 2. The molecule has 0 radical (unpaired) electrons. The largest absolute Gasteiger partial charge is 0.135 e. The lowest BCUT2D eigenvalue weighted by molar-refractivity contribution is 1.20. The second kappa shape index (κ2) is 4.07. The van der Waals surface area contributed by atoms with Gasteiger partial charge in [-0.2, -0.15) is 0 Å². The van der Waals surface area contributed by atoms with Gasteiger partial charge in [0.2, 0.25) is 0 Å². The zero-order valence-electron chi connectivity index (χ0n) is 10.8. The van der Waals surface area contributed by atoms with E-state index in [1.807, 2.05) is 11.3 Å². The third kappa shape index (κ3) is 1.73. The van der Waals surface area contributed by atoms with Crippen molar-refractivity contribution in [2.24, 2.45) is 0 Å². The molecule has 0 amide bonds. The van der Waals surface area contributed by atoms with E-state index in [1.54, 1.807) is 0 Å². The average molecular weight is 262 g/mol. The Morgan fingerprint density at radius 1 is 1.00 bits per heavy atom. The van der Waals surface area contributed by atoms with Gasteiger partial charge in [-0.25, -0.2) is 0 Å². The molecule has 0 bridgehead atoms. The first-order valence-corrected chi connectivity index (χ1v) is 7.41. The van der Waals surface area contributed by atoms with Gasteiger partial charge < -0.3 is 0 Å². The molecule has 19 heavy (non-hydrogen) atoms. The zero-order chi connectivity index (χ0) is 12.8. The monoisotopic (exact) mass is 262 g/mol. The fourth-order valence-corrected chi connectivity index (χ4v) is 3.97. The minimum Gasteiger partial charge on any atom is -0.135 e. The fraction of sp³-hybridized carbons (Fsp3) is 0.111. The minimum absolute atomic E-state index is 1.11. The summed E-state index contributed by atoms with van der Waals surface area (Å²) < 4.78 is 1.37. The van der Waals surface area contributed by atoms with Gasteiger partial charge in [0.1, 0.15) is 0 Å². The molecular formula is C18H14S. The van der Waals surface area contributed by atoms with Crippen LogP contribution in [0.2, 0.25) is 0 Å². The molecule has 0 atom stereocenters. The second-order valence-corrected chi connectivity index (χ2v) is 6.28. The van der Waals surface area contributed by atoms with Crippen LogP contribution in [0.15, 0.2) is 54.1 Å². The first kappa shape index (κ1) is 11.0. The van der Waals surface area contributed by atoms with E-state index in [2.05, 4.69) is 61.5 Å². The van der Waals surface area contributed by atoms with Crippen molar-refractivity contribution in [3.05, 3.63) is 65.2 Å². The van der Waals surface area contributed by atoms with Crippen LogP contribution in [0.1, 0.15) is 18.1 Å². The maximum Gasteiger partial charge on any atom is 0.0361 e. The highest BCUT2D eigenvalue weighted by Gasteiger charge is 2.15. The van der Waals surface area contributed by atoms with E-state index in [-0.39, 0.29) is 0 Å². The molecule has 1 heterocycles. The van der Waals surface area contributed by atoms with E-state index in [0.29, 0.717) is 0 Å². The predicted octanol–water partition coefficient (Wildman–Crippen LogP) is 5.53. The number of fused-ring (bicyclic) bond motifs is 2. The van der Waals surface area contributed by atoms with Crippen LogP contribution in [0.3, 0.4) is 0 Å². The van der Waals surface area contributed by atoms with E-state index >= 15 is 0 Å². The Hall–Kier alpha value is -1.86. The Morgan fingerprint density at radius 3 is 2.79 bits per heavy atom. The molecule has 3 aromatic rings. The highest BCUT2D eigenvalue weighted by atomic mass is 32.1. The summed E-state index contributed by atoms with van der Waals surface area (Å²) in [7, 11) is 0. The van der Waals surface area contributed by atoms with Gasteiger partial charge in [0, 0.05) is 9.58 Å². The number of hydrogen-bond donors (Lipinski definition) is 0. The van der Waals surface area contributed by atoms with Gasteiger partial charge in [-0.3, -0.25) is 0 Å². The van der Waals surface area contributed by atoms with Crippen LogP contribution in [0, 0.1) is 0 Å². The van der Waals surface area contributed by atoms with Crippen LogP contribution in [0.4, 0.5) is 0 Å². The van der Waals surface area contributed by atoms with Crippen LogP contribution in [0.25, 0.3) is 26.6 Å². The topological polar surface area (TPSA) is 0 Å². The van der Waals surface area contributed by atoms with Crippen molar-refractivity contribution in [3.8, 4) is 10.4 Å². The summed E-state index contributed by atoms with van der Waals surface area (Å²) in [6, 6.07) is 17.6. The molecule has 0 N–H and O–H groups in total. The van der Waals surface area contributed by atoms with Gasteiger partial charge in [-0.15, -0.1) is 11.3 Å². The maximum absolute atomic E-state index is 2.34. The van der Waals surface area contributed by atoms with Crippen molar-refractivity contribution in [3.63, 3.8) is 0 Å². The Labute approximate surface area is 117 Å². The van der Waals surface area contributed by atoms with E-state index in [4.69, 9.17) is 0 Å². The standard InChI is InChI=1S/C18H14S/c1-12-9-13-6-4-7-15(16(13)10-12)18-11-14-5-2-3-8-17(14)19-18/h2-8,10-11H,9H2,1H3. The predicted molar refractivity (Wildman–Crippen MR) is 84.6 cm³/mol. The molecular weight excluding hydrogens is 248 g/mol. The molecule has 1 heteroatoms. The van der Waals surface area contributed by atoms with Crippen LogP contribution < -0.4 is 0 Å². The molecule has 0 saturated heterocycles. The molecule has 92 valence electrons. The third-order valence-electron chi connectivity index (χ3n) is 3.75. The first-order valence-electron chi connectivity index (χ1n) is 6.59. The molecule has 0 fully saturated rings. The number of allylic oxidation sites excluding steroid dienone is 1. The average Bonchev–Trinajstić information content (AvgIpc) is 2.99. The number of thiophene rings is 1. The molecule has 2 aromatic carbocycles. The Kier molecular flexibility index (Phi) is 2.36. The Balaban J connectivity index is 1.96. The van der Waals surface area contributed by atoms with Crippen LogP contribution in [-0.2, 0) is 6.42 Å². The lowest BCUT2D eigenvalue weighted by Crippen LogP contribution is -1.84. The molecule has 0 saturated carbocycles. The van der Waals surface area contributed by atoms with Crippen molar-refractivity contribution < 1.29 is 0 Å². The summed E-state index contributed by atoms with van der Waals surface area (Å²) in [5.41, 5.74) is 5.73. The molecule has 0 spiro atoms. The number of hydrogen-bond acceptors (Lipinski definition) is 1. The molecule has 0 unspecified atom stereocenters. The summed E-state index contributed by atoms with van der Waals surface area (Å²) >= 11 is 1.89. The summed E-state index contributed by atoms with van der Waals surface area (Å²) in [6.45, 7) is 2.22. The van der Waals surface area contributed by atoms with Crippen LogP contribution in [0.5, 0.6) is 0 Å². The van der Waals surface area contributed by atoms with Crippen molar-refractivity contribution in [2.75, 3.05) is 0 Å². The molecule has 4 rings (SSSR count). The number of rotatable bonds is 1. The first-order chi connectivity index (χ1) is 9.31. The molecule has 0 aliphatic heterocycles. The van der Waals surface area contributed by atoms with Gasteiger partial charge >= 0.3 is 0 Å². The van der Waals surface area contributed by atoms with Crippen molar-refractivity contribution in [2.45, 2.75) is 13.3 Å². The van der Waals surface area contributed by atoms with Gasteiger partial charge in [-0.1, -0.05) is 48.0 Å². The smallest absolute Gasteiger partial charge is 0.0361 e. The highest BCUT2D eigenvalue weighted by molar-refractivity contribution is 7.22. The SMILES string of the molecule is CC1=Cc2c(cccc2-c2cc3ccccc3s2)C1. The normalized spacial score (nSPS) is 13.6. The van der Waals surface area contributed by atoms with E-state index < -0.39 is 0 Å². The van der Waals surface area contributed by atoms with E-state index in [1.165, 1.54) is 37.2 Å². The van der Waals surface area contributed by atoms with Gasteiger partial charge in [0.15, 0.2) is 0 Å². The Morgan fingerprint density at radius 2 is 1.89 bits per heavy atom. The Bertz CT molecular complexity index is 772. The zero-order valence-corrected chi connectivity index (χ0v) is 11.6. The molecule has 0 nitrogen and oxygen atoms in total. The van der Waals surface area contributed by atoms with Gasteiger partial charge in [-0.05, 0) is 47.6 Å². The highest BCUT2D eigenvalue weighted by Crippen LogP contribution is 2.39. The second-order valence-electron chi connectivity index (χ2n) is 5.19. The maximum atomic E-state index is 2.34. The fourth-order valence-electron chi connectivity index (χ4n) is 2.86. The van der Waals surface area contributed by atoms with Crippen molar-refractivity contribution in [1.82, 2.24) is 0 Å². The quantitative estimate of drug-likeness (QED) is 0.541. The summed E-state index contributed by atoms with van der Waals surface area (Å²) in [6.07, 6.45) is 3.45. The molecule has 1 aliphatic carbocycles. The van der Waals surface area contributed by atoms with Crippen molar-refractivity contribution in [1.29, 1.82) is 0 Å². The van der Waals surface area contributed by atoms with Crippen molar-refractivity contribution >= 4 is 27.5 Å². The van der Waals surface area contributed by atoms with E-state index in [0.717, 1.165) is 6.42 Å². The van der Waals surface area contributed by atoms with Gasteiger partial charge in [0.25, 0.3) is 0 Å². The molecule has 1 aliphatic rings. The van der Waals surface area contributed by atoms with Crippen LogP contribution in [-0.4, -0.2) is 0 Å². The van der Waals surface area contributed by atoms with Crippen LogP contribution >= 0.6 is 11.3 Å². The minimum atomic E-state index is 1.11. The lowest BCUT2D eigenvalue weighted by atomic mass is 10.0. The molecule has 1 aromatic heterocycles. The third-order valence-corrected chi connectivity index (χ3v) is 4.90. The lowest BCUT2D eigenvalue weighted by Gasteiger charge is -2.04. The van der Waals surface area contributed by atoms with Gasteiger partial charge in [0.05, 0.1) is 0 Å². The van der Waals surface area contributed by atoms with E-state index in [9.17, 15) is 0 Å². The summed E-state index contributed by atoms with van der Waals surface area (Å²) in [4.78, 5) is 1.38. The summed E-state index contributed by atoms with van der Waals surface area (Å²) in [5, 5.41) is 1.35.